The minimum Gasteiger partial charge on any atom is -0.489 e. The third-order valence-electron chi connectivity index (χ3n) is 5.69. The van der Waals surface area contributed by atoms with E-state index >= 15 is 0 Å². The van der Waals surface area contributed by atoms with Crippen LogP contribution in [0.1, 0.15) is 11.1 Å². The van der Waals surface area contributed by atoms with Gasteiger partial charge in [-0.1, -0.05) is 65.8 Å². The highest BCUT2D eigenvalue weighted by molar-refractivity contribution is 7.99. The predicted molar refractivity (Wildman–Crippen MR) is 156 cm³/mol. The lowest BCUT2D eigenvalue weighted by Gasteiger charge is -2.13. The van der Waals surface area contributed by atoms with Crippen LogP contribution in [0.4, 0.5) is 0 Å². The van der Waals surface area contributed by atoms with E-state index < -0.39 is 0 Å². The number of halogens is 1. The lowest BCUT2D eigenvalue weighted by molar-refractivity contribution is -0.118. The maximum absolute atomic E-state index is 13.3. The molecule has 39 heavy (non-hydrogen) atoms. The lowest BCUT2D eigenvalue weighted by atomic mass is 10.2. The quantitative estimate of drug-likeness (QED) is 0.107. The monoisotopic (exact) mass is 554 g/mol. The molecule has 0 saturated carbocycles. The SMILES string of the molecule is O=C(CSc1nc2ccccc2c(=O)n1-c1ccc(Cl)cc1)NN=Cc1ccc(OCc2ccccc2)cc1. The number of nitrogens with zero attached hydrogens (tertiary/aromatic N) is 3. The molecule has 1 amide bonds. The van der Waals surface area contributed by atoms with Crippen LogP contribution < -0.4 is 15.7 Å². The summed E-state index contributed by atoms with van der Waals surface area (Å²) in [6.07, 6.45) is 1.56. The van der Waals surface area contributed by atoms with Crippen molar-refractivity contribution in [3.8, 4) is 11.4 Å². The number of ether oxygens (including phenoxy) is 1. The number of hydrazone groups is 1. The first-order chi connectivity index (χ1) is 19.1. The van der Waals surface area contributed by atoms with Gasteiger partial charge >= 0.3 is 0 Å². The van der Waals surface area contributed by atoms with Crippen molar-refractivity contribution < 1.29 is 9.53 Å². The number of carbonyl (C=O) groups excluding carboxylic acids is 1. The summed E-state index contributed by atoms with van der Waals surface area (Å²) < 4.78 is 7.28. The molecule has 0 atom stereocenters. The number of amides is 1. The first-order valence-electron chi connectivity index (χ1n) is 12.1. The number of aromatic nitrogens is 2. The Morgan fingerprint density at radius 3 is 2.44 bits per heavy atom. The molecular formula is C30H23ClN4O3S. The molecule has 0 aliphatic carbocycles. The van der Waals surface area contributed by atoms with E-state index in [1.165, 1.54) is 4.57 Å². The van der Waals surface area contributed by atoms with E-state index in [2.05, 4.69) is 15.5 Å². The van der Waals surface area contributed by atoms with Gasteiger partial charge in [-0.2, -0.15) is 5.10 Å². The van der Waals surface area contributed by atoms with Crippen LogP contribution in [0.5, 0.6) is 5.75 Å². The highest BCUT2D eigenvalue weighted by atomic mass is 35.5. The van der Waals surface area contributed by atoms with Crippen LogP contribution >= 0.6 is 23.4 Å². The maximum Gasteiger partial charge on any atom is 0.266 e. The van der Waals surface area contributed by atoms with Crippen molar-refractivity contribution in [3.05, 3.63) is 130 Å². The van der Waals surface area contributed by atoms with Gasteiger partial charge in [0.1, 0.15) is 12.4 Å². The van der Waals surface area contributed by atoms with Crippen molar-refractivity contribution in [2.24, 2.45) is 5.10 Å². The van der Waals surface area contributed by atoms with Crippen LogP contribution in [0.25, 0.3) is 16.6 Å². The molecule has 0 spiro atoms. The number of carbonyl (C=O) groups is 1. The zero-order valence-corrected chi connectivity index (χ0v) is 22.2. The van der Waals surface area contributed by atoms with Crippen LogP contribution in [0.3, 0.4) is 0 Å². The first-order valence-corrected chi connectivity index (χ1v) is 13.4. The highest BCUT2D eigenvalue weighted by Crippen LogP contribution is 2.22. The molecule has 4 aromatic carbocycles. The Balaban J connectivity index is 1.22. The summed E-state index contributed by atoms with van der Waals surface area (Å²) >= 11 is 7.18. The van der Waals surface area contributed by atoms with E-state index in [-0.39, 0.29) is 17.2 Å². The molecule has 0 bridgehead atoms. The molecule has 0 radical (unpaired) electrons. The Bertz CT molecular complexity index is 1670. The lowest BCUT2D eigenvalue weighted by Crippen LogP contribution is -2.24. The van der Waals surface area contributed by atoms with Crippen molar-refractivity contribution in [1.29, 1.82) is 0 Å². The fraction of sp³-hybridized carbons (Fsp3) is 0.0667. The number of fused-ring (bicyclic) bond motifs is 1. The number of para-hydroxylation sites is 1. The Labute approximate surface area is 234 Å². The van der Waals surface area contributed by atoms with Gasteiger partial charge in [0.2, 0.25) is 0 Å². The van der Waals surface area contributed by atoms with Gasteiger partial charge in [0.05, 0.1) is 28.6 Å². The fourth-order valence-electron chi connectivity index (χ4n) is 3.76. The summed E-state index contributed by atoms with van der Waals surface area (Å²) in [7, 11) is 0. The van der Waals surface area contributed by atoms with E-state index in [9.17, 15) is 9.59 Å². The number of nitrogens with one attached hydrogen (secondary N) is 1. The smallest absolute Gasteiger partial charge is 0.266 e. The topological polar surface area (TPSA) is 85.6 Å². The molecule has 0 aliphatic rings. The van der Waals surface area contributed by atoms with Gasteiger partial charge in [-0.15, -0.1) is 0 Å². The van der Waals surface area contributed by atoms with Crippen LogP contribution in [0, 0.1) is 0 Å². The molecule has 5 aromatic rings. The van der Waals surface area contributed by atoms with Crippen LogP contribution in [0.15, 0.2) is 118 Å². The Hall–Kier alpha value is -4.40. The van der Waals surface area contributed by atoms with E-state index in [1.54, 1.807) is 48.7 Å². The zero-order valence-electron chi connectivity index (χ0n) is 20.7. The minimum atomic E-state index is -0.330. The molecule has 1 heterocycles. The Morgan fingerprint density at radius 1 is 0.949 bits per heavy atom. The summed E-state index contributed by atoms with van der Waals surface area (Å²) in [5.74, 6) is 0.428. The van der Waals surface area contributed by atoms with E-state index in [4.69, 9.17) is 16.3 Å². The first kappa shape index (κ1) is 26.2. The highest BCUT2D eigenvalue weighted by Gasteiger charge is 2.14. The standard InChI is InChI=1S/C30H23ClN4O3S/c31-23-12-14-24(15-13-23)35-29(37)26-8-4-5-9-27(26)33-30(35)39-20-28(36)34-32-18-21-10-16-25(17-11-21)38-19-22-6-2-1-3-7-22/h1-18H,19-20H2,(H,34,36). The maximum atomic E-state index is 13.3. The van der Waals surface area contributed by atoms with Crippen molar-refractivity contribution in [3.63, 3.8) is 0 Å². The predicted octanol–water partition coefficient (Wildman–Crippen LogP) is 5.86. The van der Waals surface area contributed by atoms with E-state index in [0.29, 0.717) is 33.4 Å². The molecule has 0 saturated heterocycles. The zero-order chi connectivity index (χ0) is 27.0. The van der Waals surface area contributed by atoms with Gasteiger partial charge in [-0.25, -0.2) is 10.4 Å². The molecule has 7 nitrogen and oxygen atoms in total. The average Bonchev–Trinajstić information content (AvgIpc) is 2.97. The summed E-state index contributed by atoms with van der Waals surface area (Å²) in [5.41, 5.74) is 5.37. The van der Waals surface area contributed by atoms with Crippen molar-refractivity contribution in [2.75, 3.05) is 5.75 Å². The van der Waals surface area contributed by atoms with Gasteiger partial charge in [-0.05, 0) is 71.8 Å². The Kier molecular flexibility index (Phi) is 8.36. The van der Waals surface area contributed by atoms with Crippen LogP contribution in [0.2, 0.25) is 5.02 Å². The average molecular weight is 555 g/mol. The largest absolute Gasteiger partial charge is 0.489 e. The third kappa shape index (κ3) is 6.73. The third-order valence-corrected chi connectivity index (χ3v) is 6.88. The van der Waals surface area contributed by atoms with Crippen molar-refractivity contribution >= 4 is 46.4 Å². The number of thioether (sulfide) groups is 1. The van der Waals surface area contributed by atoms with Gasteiger partial charge < -0.3 is 4.74 Å². The number of benzene rings is 4. The van der Waals surface area contributed by atoms with Gasteiger partial charge in [-0.3, -0.25) is 14.2 Å². The normalized spacial score (nSPS) is 11.1. The number of hydrogen-bond acceptors (Lipinski definition) is 6. The molecule has 0 unspecified atom stereocenters. The minimum absolute atomic E-state index is 0.0158. The van der Waals surface area contributed by atoms with Crippen LogP contribution in [-0.4, -0.2) is 27.4 Å². The number of rotatable bonds is 9. The molecule has 5 rings (SSSR count). The van der Waals surface area contributed by atoms with Gasteiger partial charge in [0, 0.05) is 5.02 Å². The second-order valence-electron chi connectivity index (χ2n) is 8.45. The van der Waals surface area contributed by atoms with Crippen molar-refractivity contribution in [2.45, 2.75) is 11.8 Å². The summed E-state index contributed by atoms with van der Waals surface area (Å²) in [6, 6.07) is 31.4. The number of hydrogen-bond donors (Lipinski definition) is 1. The summed E-state index contributed by atoms with van der Waals surface area (Å²) in [5, 5.41) is 5.49. The molecule has 194 valence electrons. The van der Waals surface area contributed by atoms with Crippen LogP contribution in [-0.2, 0) is 11.4 Å². The molecule has 0 fully saturated rings. The fourth-order valence-corrected chi connectivity index (χ4v) is 4.69. The molecular weight excluding hydrogens is 532 g/mol. The van der Waals surface area contributed by atoms with Crippen molar-refractivity contribution in [1.82, 2.24) is 15.0 Å². The van der Waals surface area contributed by atoms with E-state index in [1.807, 2.05) is 60.7 Å². The van der Waals surface area contributed by atoms with E-state index in [0.717, 1.165) is 28.6 Å². The molecule has 0 aliphatic heterocycles. The summed E-state index contributed by atoms with van der Waals surface area (Å²) in [4.78, 5) is 30.5. The second-order valence-corrected chi connectivity index (χ2v) is 9.83. The molecule has 9 heteroatoms. The Morgan fingerprint density at radius 2 is 1.67 bits per heavy atom. The van der Waals surface area contributed by atoms with Gasteiger partial charge in [0.15, 0.2) is 5.16 Å². The molecule has 1 N–H and O–H groups in total. The summed E-state index contributed by atoms with van der Waals surface area (Å²) in [6.45, 7) is 0.486. The van der Waals surface area contributed by atoms with Gasteiger partial charge in [0.25, 0.3) is 11.5 Å². The second kappa shape index (κ2) is 12.4. The molecule has 1 aromatic heterocycles.